The lowest BCUT2D eigenvalue weighted by atomic mass is 10.1. The molecule has 2 fully saturated rings. The van der Waals surface area contributed by atoms with Gasteiger partial charge in [-0.1, -0.05) is 70.4 Å². The molecule has 2 rings (SSSR count). The van der Waals surface area contributed by atoms with Crippen molar-refractivity contribution >= 4 is 11.8 Å². The highest BCUT2D eigenvalue weighted by Crippen LogP contribution is 2.23. The second-order valence-corrected chi connectivity index (χ2v) is 9.61. The number of carbonyl (C=O) groups excluding carboxylic acids is 2. The first kappa shape index (κ1) is 25.9. The van der Waals surface area contributed by atoms with Crippen molar-refractivity contribution in [1.82, 2.24) is 9.80 Å². The van der Waals surface area contributed by atoms with Crippen molar-refractivity contribution in [2.75, 3.05) is 19.6 Å². The Morgan fingerprint density at radius 1 is 0.742 bits per heavy atom. The summed E-state index contributed by atoms with van der Waals surface area (Å²) in [7, 11) is 0. The van der Waals surface area contributed by atoms with Crippen LogP contribution < -0.4 is 0 Å². The van der Waals surface area contributed by atoms with E-state index in [4.69, 9.17) is 0 Å². The molecule has 0 N–H and O–H groups in total. The highest BCUT2D eigenvalue weighted by Gasteiger charge is 2.36. The quantitative estimate of drug-likeness (QED) is 0.203. The van der Waals surface area contributed by atoms with Crippen LogP contribution in [0.25, 0.3) is 0 Å². The van der Waals surface area contributed by atoms with E-state index in [0.717, 1.165) is 58.2 Å². The van der Waals surface area contributed by atoms with E-state index in [1.807, 2.05) is 9.80 Å². The topological polar surface area (TPSA) is 40.6 Å². The Morgan fingerprint density at radius 3 is 1.97 bits per heavy atom. The van der Waals surface area contributed by atoms with Gasteiger partial charge in [-0.15, -0.1) is 0 Å². The average molecular weight is 433 g/mol. The van der Waals surface area contributed by atoms with Crippen LogP contribution in [0.15, 0.2) is 12.2 Å². The van der Waals surface area contributed by atoms with Crippen LogP contribution in [0.4, 0.5) is 0 Å². The van der Waals surface area contributed by atoms with Gasteiger partial charge in [0, 0.05) is 26.1 Å². The van der Waals surface area contributed by atoms with Crippen molar-refractivity contribution in [3.05, 3.63) is 12.2 Å². The predicted octanol–water partition coefficient (Wildman–Crippen LogP) is 6.64. The molecule has 2 aliphatic rings. The minimum absolute atomic E-state index is 0.172. The second kappa shape index (κ2) is 16.3. The number of allylic oxidation sites excluding steroid dienone is 2. The number of unbranched alkanes of at least 4 members (excludes halogenated alkanes) is 11. The van der Waals surface area contributed by atoms with Crippen LogP contribution in [0.5, 0.6) is 0 Å². The van der Waals surface area contributed by atoms with E-state index >= 15 is 0 Å². The lowest BCUT2D eigenvalue weighted by Gasteiger charge is -2.27. The van der Waals surface area contributed by atoms with Gasteiger partial charge >= 0.3 is 0 Å². The second-order valence-electron chi connectivity index (χ2n) is 9.61. The third-order valence-electron chi connectivity index (χ3n) is 6.93. The zero-order valence-corrected chi connectivity index (χ0v) is 20.3. The van der Waals surface area contributed by atoms with E-state index in [1.165, 1.54) is 70.6 Å². The molecular weight excluding hydrogens is 384 g/mol. The molecule has 2 heterocycles. The third-order valence-corrected chi connectivity index (χ3v) is 6.93. The van der Waals surface area contributed by atoms with E-state index in [9.17, 15) is 9.59 Å². The van der Waals surface area contributed by atoms with Gasteiger partial charge < -0.3 is 9.80 Å². The molecule has 31 heavy (non-hydrogen) atoms. The van der Waals surface area contributed by atoms with Crippen LogP contribution in [-0.2, 0) is 9.59 Å². The first-order valence-corrected chi connectivity index (χ1v) is 13.5. The molecule has 178 valence electrons. The van der Waals surface area contributed by atoms with Crippen molar-refractivity contribution in [3.63, 3.8) is 0 Å². The third kappa shape index (κ3) is 10.2. The van der Waals surface area contributed by atoms with Gasteiger partial charge in [-0.2, -0.15) is 0 Å². The molecule has 2 amide bonds. The molecule has 2 saturated heterocycles. The largest absolute Gasteiger partial charge is 0.341 e. The first-order valence-electron chi connectivity index (χ1n) is 13.5. The Bertz CT molecular complexity index is 525. The lowest BCUT2D eigenvalue weighted by molar-refractivity contribution is -0.143. The predicted molar refractivity (Wildman–Crippen MR) is 130 cm³/mol. The average Bonchev–Trinajstić information content (AvgIpc) is 3.48. The van der Waals surface area contributed by atoms with Gasteiger partial charge in [0.15, 0.2) is 0 Å². The zero-order valence-electron chi connectivity index (χ0n) is 20.3. The molecule has 2 aliphatic heterocycles. The summed E-state index contributed by atoms with van der Waals surface area (Å²) in [5.74, 6) is 0.403. The van der Waals surface area contributed by atoms with Gasteiger partial charge in [-0.3, -0.25) is 9.59 Å². The highest BCUT2D eigenvalue weighted by atomic mass is 16.2. The first-order chi connectivity index (χ1) is 15.2. The Hall–Kier alpha value is -1.32. The summed E-state index contributed by atoms with van der Waals surface area (Å²) in [4.78, 5) is 29.2. The number of likely N-dealkylation sites (tertiary alicyclic amines) is 2. The number of rotatable bonds is 16. The number of amides is 2. The Balaban J connectivity index is 1.44. The lowest BCUT2D eigenvalue weighted by Crippen LogP contribution is -2.46. The van der Waals surface area contributed by atoms with Crippen molar-refractivity contribution in [2.24, 2.45) is 0 Å². The molecule has 0 radical (unpaired) electrons. The van der Waals surface area contributed by atoms with Gasteiger partial charge in [-0.05, 0) is 57.8 Å². The summed E-state index contributed by atoms with van der Waals surface area (Å²) in [5.41, 5.74) is 0. The van der Waals surface area contributed by atoms with Crippen molar-refractivity contribution in [3.8, 4) is 0 Å². The van der Waals surface area contributed by atoms with Gasteiger partial charge in [0.25, 0.3) is 0 Å². The molecule has 0 saturated carbocycles. The molecule has 0 spiro atoms. The number of nitrogens with zero attached hydrogens (tertiary/aromatic N) is 2. The SMILES string of the molecule is CCCCCCCCC=CCCCCCCCC(=O)N1CCC[C@H]1C(=O)N1CCCC1. The van der Waals surface area contributed by atoms with Crippen molar-refractivity contribution in [1.29, 1.82) is 0 Å². The fourth-order valence-electron chi connectivity index (χ4n) is 4.96. The number of hydrogen-bond acceptors (Lipinski definition) is 2. The number of carbonyl (C=O) groups is 2. The summed E-state index contributed by atoms with van der Waals surface area (Å²) >= 11 is 0. The van der Waals surface area contributed by atoms with E-state index < -0.39 is 0 Å². The van der Waals surface area contributed by atoms with Gasteiger partial charge in [-0.25, -0.2) is 0 Å². The van der Waals surface area contributed by atoms with Gasteiger partial charge in [0.05, 0.1) is 0 Å². The minimum Gasteiger partial charge on any atom is -0.341 e. The number of hydrogen-bond donors (Lipinski definition) is 0. The molecule has 1 atom stereocenters. The maximum atomic E-state index is 12.7. The van der Waals surface area contributed by atoms with Gasteiger partial charge in [0.2, 0.25) is 11.8 Å². The molecule has 0 aliphatic carbocycles. The van der Waals surface area contributed by atoms with Crippen molar-refractivity contribution < 1.29 is 9.59 Å². The molecule has 0 bridgehead atoms. The molecule has 0 aromatic rings. The smallest absolute Gasteiger partial charge is 0.245 e. The molecule has 4 nitrogen and oxygen atoms in total. The minimum atomic E-state index is -0.172. The summed E-state index contributed by atoms with van der Waals surface area (Å²) in [6.07, 6.45) is 25.9. The van der Waals surface area contributed by atoms with E-state index in [-0.39, 0.29) is 17.9 Å². The van der Waals surface area contributed by atoms with E-state index in [2.05, 4.69) is 19.1 Å². The summed E-state index contributed by atoms with van der Waals surface area (Å²) < 4.78 is 0. The normalized spacial score (nSPS) is 19.1. The molecular formula is C27H48N2O2. The van der Waals surface area contributed by atoms with Crippen LogP contribution in [0.2, 0.25) is 0 Å². The Labute approximate surface area is 191 Å². The zero-order chi connectivity index (χ0) is 22.2. The fraction of sp³-hybridized carbons (Fsp3) is 0.852. The summed E-state index contributed by atoms with van der Waals surface area (Å²) in [6, 6.07) is -0.172. The monoisotopic (exact) mass is 432 g/mol. The fourth-order valence-corrected chi connectivity index (χ4v) is 4.96. The Morgan fingerprint density at radius 2 is 1.32 bits per heavy atom. The molecule has 4 heteroatoms. The molecule has 0 unspecified atom stereocenters. The van der Waals surface area contributed by atoms with E-state index in [0.29, 0.717) is 6.42 Å². The molecule has 0 aromatic heterocycles. The summed E-state index contributed by atoms with van der Waals surface area (Å²) in [6.45, 7) is 4.80. The maximum Gasteiger partial charge on any atom is 0.245 e. The van der Waals surface area contributed by atoms with Crippen LogP contribution >= 0.6 is 0 Å². The van der Waals surface area contributed by atoms with E-state index in [1.54, 1.807) is 0 Å². The van der Waals surface area contributed by atoms with Crippen LogP contribution in [0.3, 0.4) is 0 Å². The standard InChI is InChI=1S/C27H48N2O2/c1-2-3-4-5-6-7-8-9-10-11-12-13-14-15-16-21-26(30)29-24-19-20-25(29)27(31)28-22-17-18-23-28/h9-10,25H,2-8,11-24H2,1H3/t25-/m0/s1. The van der Waals surface area contributed by atoms with Crippen molar-refractivity contribution in [2.45, 2.75) is 129 Å². The Kier molecular flexibility index (Phi) is 13.7. The van der Waals surface area contributed by atoms with Crippen LogP contribution in [0.1, 0.15) is 122 Å². The summed E-state index contributed by atoms with van der Waals surface area (Å²) in [5, 5.41) is 0. The van der Waals surface area contributed by atoms with Gasteiger partial charge in [0.1, 0.15) is 6.04 Å². The highest BCUT2D eigenvalue weighted by molar-refractivity contribution is 5.88. The molecule has 0 aromatic carbocycles. The van der Waals surface area contributed by atoms with Crippen LogP contribution in [-0.4, -0.2) is 47.3 Å². The van der Waals surface area contributed by atoms with Crippen LogP contribution in [0, 0.1) is 0 Å². The maximum absolute atomic E-state index is 12.7.